The van der Waals surface area contributed by atoms with Crippen LogP contribution in [-0.4, -0.2) is 47.0 Å². The summed E-state index contributed by atoms with van der Waals surface area (Å²) in [5, 5.41) is 12.0. The SMILES string of the molecule is O=C(NCCc1ncn[nH]1)NC1CCOC1. The molecule has 2 amide bonds. The van der Waals surface area contributed by atoms with Crippen LogP contribution in [0.2, 0.25) is 0 Å². The maximum atomic E-state index is 11.4. The molecule has 88 valence electrons. The summed E-state index contributed by atoms with van der Waals surface area (Å²) in [4.78, 5) is 15.4. The second kappa shape index (κ2) is 5.45. The maximum absolute atomic E-state index is 11.4. The van der Waals surface area contributed by atoms with E-state index in [-0.39, 0.29) is 12.1 Å². The van der Waals surface area contributed by atoms with Crippen LogP contribution in [0.1, 0.15) is 12.2 Å². The minimum atomic E-state index is -0.157. The van der Waals surface area contributed by atoms with Crippen molar-refractivity contribution in [2.75, 3.05) is 19.8 Å². The molecule has 0 aliphatic carbocycles. The van der Waals surface area contributed by atoms with Gasteiger partial charge in [-0.25, -0.2) is 9.78 Å². The minimum Gasteiger partial charge on any atom is -0.379 e. The first kappa shape index (κ1) is 10.9. The van der Waals surface area contributed by atoms with E-state index >= 15 is 0 Å². The van der Waals surface area contributed by atoms with Crippen molar-refractivity contribution in [2.45, 2.75) is 18.9 Å². The van der Waals surface area contributed by atoms with Gasteiger partial charge < -0.3 is 15.4 Å². The summed E-state index contributed by atoms with van der Waals surface area (Å²) in [6.45, 7) is 1.87. The van der Waals surface area contributed by atoms with Gasteiger partial charge in [-0.2, -0.15) is 5.10 Å². The molecule has 1 unspecified atom stereocenters. The predicted molar refractivity (Wildman–Crippen MR) is 55.8 cm³/mol. The van der Waals surface area contributed by atoms with Crippen LogP contribution >= 0.6 is 0 Å². The van der Waals surface area contributed by atoms with Gasteiger partial charge in [-0.3, -0.25) is 5.10 Å². The Bertz CT molecular complexity index is 321. The van der Waals surface area contributed by atoms with E-state index in [1.165, 1.54) is 6.33 Å². The van der Waals surface area contributed by atoms with Crippen molar-refractivity contribution in [3.63, 3.8) is 0 Å². The Hall–Kier alpha value is -1.63. The Morgan fingerprint density at radius 2 is 2.62 bits per heavy atom. The van der Waals surface area contributed by atoms with Gasteiger partial charge in [0.2, 0.25) is 0 Å². The van der Waals surface area contributed by atoms with Crippen LogP contribution in [0.4, 0.5) is 4.79 Å². The van der Waals surface area contributed by atoms with E-state index in [0.717, 1.165) is 18.9 Å². The number of aromatic nitrogens is 3. The van der Waals surface area contributed by atoms with Gasteiger partial charge in [-0.1, -0.05) is 0 Å². The summed E-state index contributed by atoms with van der Waals surface area (Å²) >= 11 is 0. The number of rotatable bonds is 4. The van der Waals surface area contributed by atoms with E-state index in [9.17, 15) is 4.79 Å². The van der Waals surface area contributed by atoms with E-state index in [2.05, 4.69) is 25.8 Å². The predicted octanol–water partition coefficient (Wildman–Crippen LogP) is -0.565. The molecule has 0 aromatic carbocycles. The zero-order valence-corrected chi connectivity index (χ0v) is 8.90. The van der Waals surface area contributed by atoms with Crippen LogP contribution in [0.25, 0.3) is 0 Å². The highest BCUT2D eigenvalue weighted by Crippen LogP contribution is 2.02. The van der Waals surface area contributed by atoms with Crippen LogP contribution in [-0.2, 0) is 11.2 Å². The number of nitrogens with zero attached hydrogens (tertiary/aromatic N) is 2. The van der Waals surface area contributed by atoms with E-state index in [0.29, 0.717) is 19.6 Å². The molecule has 3 N–H and O–H groups in total. The molecule has 1 aromatic heterocycles. The zero-order chi connectivity index (χ0) is 11.2. The molecule has 1 aliphatic rings. The van der Waals surface area contributed by atoms with Crippen molar-refractivity contribution >= 4 is 6.03 Å². The van der Waals surface area contributed by atoms with Crippen molar-refractivity contribution in [1.82, 2.24) is 25.8 Å². The van der Waals surface area contributed by atoms with E-state index in [1.54, 1.807) is 0 Å². The highest BCUT2D eigenvalue weighted by atomic mass is 16.5. The van der Waals surface area contributed by atoms with Gasteiger partial charge in [0, 0.05) is 19.6 Å². The largest absolute Gasteiger partial charge is 0.379 e. The summed E-state index contributed by atoms with van der Waals surface area (Å²) in [5.74, 6) is 0.768. The quantitative estimate of drug-likeness (QED) is 0.640. The zero-order valence-electron chi connectivity index (χ0n) is 8.90. The topological polar surface area (TPSA) is 91.9 Å². The third-order valence-corrected chi connectivity index (χ3v) is 2.38. The molecule has 0 radical (unpaired) electrons. The van der Waals surface area contributed by atoms with Crippen molar-refractivity contribution in [2.24, 2.45) is 0 Å². The van der Waals surface area contributed by atoms with Gasteiger partial charge in [-0.15, -0.1) is 0 Å². The van der Waals surface area contributed by atoms with Gasteiger partial charge >= 0.3 is 6.03 Å². The standard InChI is InChI=1S/C9H15N5O2/c15-9(13-7-2-4-16-5-7)10-3-1-8-11-6-12-14-8/h6-7H,1-5H2,(H2,10,13,15)(H,11,12,14). The Balaban J connectivity index is 1.60. The molecule has 0 spiro atoms. The Morgan fingerprint density at radius 1 is 1.69 bits per heavy atom. The number of nitrogens with one attached hydrogen (secondary N) is 3. The van der Waals surface area contributed by atoms with Crippen molar-refractivity contribution in [1.29, 1.82) is 0 Å². The lowest BCUT2D eigenvalue weighted by Gasteiger charge is -2.11. The molecule has 7 nitrogen and oxygen atoms in total. The molecule has 0 saturated carbocycles. The fraction of sp³-hybridized carbons (Fsp3) is 0.667. The molecular weight excluding hydrogens is 210 g/mol. The summed E-state index contributed by atoms with van der Waals surface area (Å²) in [6.07, 6.45) is 2.98. The third kappa shape index (κ3) is 3.20. The molecule has 1 saturated heterocycles. The summed E-state index contributed by atoms with van der Waals surface area (Å²) < 4.78 is 5.16. The van der Waals surface area contributed by atoms with E-state index < -0.39 is 0 Å². The molecular formula is C9H15N5O2. The second-order valence-electron chi connectivity index (χ2n) is 3.64. The Morgan fingerprint density at radius 3 is 3.31 bits per heavy atom. The number of urea groups is 1. The number of ether oxygens (including phenoxy) is 1. The fourth-order valence-electron chi connectivity index (χ4n) is 1.53. The van der Waals surface area contributed by atoms with Crippen molar-refractivity contribution in [3.05, 3.63) is 12.2 Å². The first-order chi connectivity index (χ1) is 7.84. The van der Waals surface area contributed by atoms with Crippen LogP contribution in [0.3, 0.4) is 0 Å². The highest BCUT2D eigenvalue weighted by molar-refractivity contribution is 5.74. The molecule has 16 heavy (non-hydrogen) atoms. The molecule has 1 aromatic rings. The average molecular weight is 225 g/mol. The Labute approximate surface area is 93.0 Å². The number of aromatic amines is 1. The van der Waals surface area contributed by atoms with E-state index in [4.69, 9.17) is 4.74 Å². The van der Waals surface area contributed by atoms with Gasteiger partial charge in [0.25, 0.3) is 0 Å². The molecule has 1 aliphatic heterocycles. The second-order valence-corrected chi connectivity index (χ2v) is 3.64. The Kier molecular flexibility index (Phi) is 3.71. The average Bonchev–Trinajstić information content (AvgIpc) is 2.90. The molecule has 1 atom stereocenters. The summed E-state index contributed by atoms with van der Waals surface area (Å²) in [7, 11) is 0. The lowest BCUT2D eigenvalue weighted by molar-refractivity contribution is 0.188. The number of carbonyl (C=O) groups excluding carboxylic acids is 1. The summed E-state index contributed by atoms with van der Waals surface area (Å²) in [5.41, 5.74) is 0. The van der Waals surface area contributed by atoms with Crippen LogP contribution in [0.5, 0.6) is 0 Å². The van der Waals surface area contributed by atoms with Gasteiger partial charge in [-0.05, 0) is 6.42 Å². The lowest BCUT2D eigenvalue weighted by Crippen LogP contribution is -2.43. The third-order valence-electron chi connectivity index (χ3n) is 2.38. The minimum absolute atomic E-state index is 0.144. The van der Waals surface area contributed by atoms with Crippen LogP contribution < -0.4 is 10.6 Å². The van der Waals surface area contributed by atoms with Crippen LogP contribution in [0, 0.1) is 0 Å². The smallest absolute Gasteiger partial charge is 0.315 e. The number of carbonyl (C=O) groups is 1. The number of amides is 2. The molecule has 7 heteroatoms. The molecule has 2 rings (SSSR count). The van der Waals surface area contributed by atoms with Gasteiger partial charge in [0.05, 0.1) is 12.6 Å². The molecule has 1 fully saturated rings. The highest BCUT2D eigenvalue weighted by Gasteiger charge is 2.17. The first-order valence-electron chi connectivity index (χ1n) is 5.31. The number of H-pyrrole nitrogens is 1. The van der Waals surface area contributed by atoms with Crippen molar-refractivity contribution in [3.8, 4) is 0 Å². The van der Waals surface area contributed by atoms with E-state index in [1.807, 2.05) is 0 Å². The molecule has 0 bridgehead atoms. The monoisotopic (exact) mass is 225 g/mol. The fourth-order valence-corrected chi connectivity index (χ4v) is 1.53. The first-order valence-corrected chi connectivity index (χ1v) is 5.31. The van der Waals surface area contributed by atoms with Gasteiger partial charge in [0.1, 0.15) is 12.2 Å². The van der Waals surface area contributed by atoms with Gasteiger partial charge in [0.15, 0.2) is 0 Å². The number of hydrogen-bond acceptors (Lipinski definition) is 4. The number of hydrogen-bond donors (Lipinski definition) is 3. The maximum Gasteiger partial charge on any atom is 0.315 e. The normalized spacial score (nSPS) is 19.6. The van der Waals surface area contributed by atoms with Crippen LogP contribution in [0.15, 0.2) is 6.33 Å². The van der Waals surface area contributed by atoms with Crippen molar-refractivity contribution < 1.29 is 9.53 Å². The summed E-state index contributed by atoms with van der Waals surface area (Å²) in [6, 6.07) is -0.0136. The lowest BCUT2D eigenvalue weighted by atomic mass is 10.3. The molecule has 2 heterocycles.